The molecule has 0 aliphatic carbocycles. The fourth-order valence-corrected chi connectivity index (χ4v) is 9.43. The second-order valence-electron chi connectivity index (χ2n) is 14.2. The first-order chi connectivity index (χ1) is 28.2. The average molecular weight is 749 g/mol. The Morgan fingerprint density at radius 2 is 0.860 bits per heavy atom. The summed E-state index contributed by atoms with van der Waals surface area (Å²) in [6.45, 7) is 0. The lowest BCUT2D eigenvalue weighted by Crippen LogP contribution is -2.00. The van der Waals surface area contributed by atoms with Gasteiger partial charge in [0.05, 0.1) is 31.6 Å². The third-order valence-electron chi connectivity index (χ3n) is 10.8. The van der Waals surface area contributed by atoms with E-state index in [1.165, 1.54) is 10.8 Å². The van der Waals surface area contributed by atoms with E-state index in [4.69, 9.17) is 15.0 Å². The molecule has 6 heteroatoms. The van der Waals surface area contributed by atoms with E-state index in [2.05, 4.69) is 114 Å². The van der Waals surface area contributed by atoms with Crippen LogP contribution in [0.4, 0.5) is 0 Å². The minimum absolute atomic E-state index is 0.630. The predicted molar refractivity (Wildman–Crippen MR) is 231 cm³/mol. The number of nitrogens with zero attached hydrogens (tertiary/aromatic N) is 4. The molecule has 0 saturated heterocycles. The van der Waals surface area contributed by atoms with Crippen LogP contribution in [0.2, 0.25) is 0 Å². The molecular formula is C51H32N4OS. The standard InChI is InChI=1S/C51H32N4OS/c56-57-47-21-10-8-19-43(47)44-31-38(27-29-48(44)57)37-16-11-17-40(30-37)55-45-20-9-7-18-41(45)42-28-26-39(32-46(42)55)33-22-24-36(25-23-33)51-53-49(34-12-3-1-4-13-34)52-50(54-51)35-14-5-2-6-15-35/h1-32H. The van der Waals surface area contributed by atoms with Crippen molar-refractivity contribution >= 4 is 32.6 Å². The third-order valence-corrected chi connectivity index (χ3v) is 12.4. The number of hydrogen-bond acceptors (Lipinski definition) is 4. The molecule has 3 heterocycles. The van der Waals surface area contributed by atoms with Crippen molar-refractivity contribution in [2.45, 2.75) is 9.79 Å². The molecule has 0 fully saturated rings. The van der Waals surface area contributed by atoms with Gasteiger partial charge in [-0.25, -0.2) is 19.2 Å². The first-order valence-electron chi connectivity index (χ1n) is 18.9. The molecule has 0 N–H and O–H groups in total. The number of rotatable bonds is 6. The van der Waals surface area contributed by atoms with E-state index >= 15 is 0 Å². The van der Waals surface area contributed by atoms with E-state index in [9.17, 15) is 4.21 Å². The minimum Gasteiger partial charge on any atom is -0.309 e. The molecule has 0 amide bonds. The van der Waals surface area contributed by atoms with E-state index in [1.54, 1.807) is 0 Å². The highest BCUT2D eigenvalue weighted by Gasteiger charge is 2.25. The summed E-state index contributed by atoms with van der Waals surface area (Å²) in [6.07, 6.45) is 0. The summed E-state index contributed by atoms with van der Waals surface area (Å²) < 4.78 is 15.6. The van der Waals surface area contributed by atoms with Crippen molar-refractivity contribution in [2.75, 3.05) is 0 Å². The molecule has 2 aromatic heterocycles. The normalized spacial score (nSPS) is 13.2. The van der Waals surface area contributed by atoms with Crippen molar-refractivity contribution in [3.05, 3.63) is 194 Å². The molecule has 0 spiro atoms. The molecule has 5 nitrogen and oxygen atoms in total. The van der Waals surface area contributed by atoms with Crippen LogP contribution in [0.25, 0.3) is 95.0 Å². The Labute approximate surface area is 332 Å². The van der Waals surface area contributed by atoms with Gasteiger partial charge in [-0.15, -0.1) is 0 Å². The summed E-state index contributed by atoms with van der Waals surface area (Å²) >= 11 is 0. The van der Waals surface area contributed by atoms with Crippen LogP contribution in [0.5, 0.6) is 0 Å². The van der Waals surface area contributed by atoms with E-state index in [-0.39, 0.29) is 0 Å². The molecule has 1 atom stereocenters. The van der Waals surface area contributed by atoms with Crippen molar-refractivity contribution in [3.8, 4) is 73.2 Å². The van der Waals surface area contributed by atoms with Gasteiger partial charge in [0.25, 0.3) is 0 Å². The molecule has 268 valence electrons. The van der Waals surface area contributed by atoms with Gasteiger partial charge >= 0.3 is 0 Å². The topological polar surface area (TPSA) is 60.7 Å². The number of fused-ring (bicyclic) bond motifs is 6. The second-order valence-corrected chi connectivity index (χ2v) is 15.6. The van der Waals surface area contributed by atoms with Crippen LogP contribution in [0.3, 0.4) is 0 Å². The summed E-state index contributed by atoms with van der Waals surface area (Å²) in [5, 5.41) is 2.40. The Balaban J connectivity index is 0.987. The Hall–Kier alpha value is -7.28. The summed E-state index contributed by atoms with van der Waals surface area (Å²) in [5.74, 6) is 1.91. The Bertz CT molecular complexity index is 3130. The molecule has 11 rings (SSSR count). The highest BCUT2D eigenvalue weighted by atomic mass is 32.2. The molecule has 57 heavy (non-hydrogen) atoms. The zero-order valence-electron chi connectivity index (χ0n) is 30.6. The van der Waals surface area contributed by atoms with Crippen molar-refractivity contribution in [1.29, 1.82) is 0 Å². The van der Waals surface area contributed by atoms with Crippen LogP contribution < -0.4 is 0 Å². The molecule has 10 aromatic rings. The molecule has 1 aliphatic heterocycles. The Morgan fingerprint density at radius 3 is 1.60 bits per heavy atom. The molecule has 1 unspecified atom stereocenters. The van der Waals surface area contributed by atoms with Gasteiger partial charge < -0.3 is 4.57 Å². The molecule has 0 radical (unpaired) electrons. The SMILES string of the molecule is O=S1c2ccccc2-c2cc(-c3cccc(-n4c5ccccc5c5ccc(-c6ccc(-c7nc(-c8ccccc8)nc(-c8ccccc8)n7)cc6)cc54)c3)ccc21. The molecule has 0 bridgehead atoms. The fourth-order valence-electron chi connectivity index (χ4n) is 8.05. The van der Waals surface area contributed by atoms with Crippen LogP contribution in [0, 0.1) is 0 Å². The van der Waals surface area contributed by atoms with Crippen LogP contribution >= 0.6 is 0 Å². The third kappa shape index (κ3) is 5.69. The fraction of sp³-hybridized carbons (Fsp3) is 0. The summed E-state index contributed by atoms with van der Waals surface area (Å²) in [6, 6.07) is 67.0. The summed E-state index contributed by atoms with van der Waals surface area (Å²) in [5.41, 5.74) is 12.7. The zero-order chi connectivity index (χ0) is 37.9. The molecular weight excluding hydrogens is 717 g/mol. The monoisotopic (exact) mass is 748 g/mol. The lowest BCUT2D eigenvalue weighted by Gasteiger charge is -2.12. The Kier molecular flexibility index (Phi) is 7.83. The smallest absolute Gasteiger partial charge is 0.164 e. The molecule has 0 saturated carbocycles. The van der Waals surface area contributed by atoms with Gasteiger partial charge in [-0.1, -0.05) is 152 Å². The summed E-state index contributed by atoms with van der Waals surface area (Å²) in [7, 11) is -1.16. The predicted octanol–water partition coefficient (Wildman–Crippen LogP) is 12.5. The number of para-hydroxylation sites is 1. The lowest BCUT2D eigenvalue weighted by atomic mass is 9.99. The van der Waals surface area contributed by atoms with Crippen LogP contribution in [-0.4, -0.2) is 23.7 Å². The maximum Gasteiger partial charge on any atom is 0.164 e. The van der Waals surface area contributed by atoms with Crippen molar-refractivity contribution in [1.82, 2.24) is 19.5 Å². The van der Waals surface area contributed by atoms with E-state index < -0.39 is 10.8 Å². The lowest BCUT2D eigenvalue weighted by molar-refractivity contribution is 0.685. The van der Waals surface area contributed by atoms with Crippen molar-refractivity contribution < 1.29 is 4.21 Å². The highest BCUT2D eigenvalue weighted by Crippen LogP contribution is 2.43. The van der Waals surface area contributed by atoms with E-state index in [0.29, 0.717) is 17.5 Å². The number of aromatic nitrogens is 4. The van der Waals surface area contributed by atoms with Gasteiger partial charge in [-0.05, 0) is 70.3 Å². The van der Waals surface area contributed by atoms with Gasteiger partial charge in [-0.2, -0.15) is 0 Å². The minimum atomic E-state index is -1.16. The first kappa shape index (κ1) is 33.1. The second kappa shape index (κ2) is 13.5. The van der Waals surface area contributed by atoms with Crippen molar-refractivity contribution in [2.24, 2.45) is 0 Å². The first-order valence-corrected chi connectivity index (χ1v) is 20.1. The van der Waals surface area contributed by atoms with E-state index in [1.807, 2.05) is 84.9 Å². The number of hydrogen-bond donors (Lipinski definition) is 0. The van der Waals surface area contributed by atoms with Gasteiger partial charge in [0, 0.05) is 38.7 Å². The van der Waals surface area contributed by atoms with E-state index in [0.717, 1.165) is 76.6 Å². The maximum absolute atomic E-state index is 13.2. The highest BCUT2D eigenvalue weighted by molar-refractivity contribution is 7.85. The zero-order valence-corrected chi connectivity index (χ0v) is 31.4. The van der Waals surface area contributed by atoms with Crippen LogP contribution in [0.1, 0.15) is 0 Å². The quantitative estimate of drug-likeness (QED) is 0.170. The average Bonchev–Trinajstić information content (AvgIpc) is 3.77. The Morgan fingerprint density at radius 1 is 0.351 bits per heavy atom. The molecule has 1 aliphatic rings. The van der Waals surface area contributed by atoms with Gasteiger partial charge in [-0.3, -0.25) is 0 Å². The van der Waals surface area contributed by atoms with Gasteiger partial charge in [0.2, 0.25) is 0 Å². The van der Waals surface area contributed by atoms with Crippen molar-refractivity contribution in [3.63, 3.8) is 0 Å². The van der Waals surface area contributed by atoms with Gasteiger partial charge in [0.1, 0.15) is 0 Å². The van der Waals surface area contributed by atoms with Crippen LogP contribution in [0.15, 0.2) is 204 Å². The largest absolute Gasteiger partial charge is 0.309 e. The summed E-state index contributed by atoms with van der Waals surface area (Å²) in [4.78, 5) is 16.5. The maximum atomic E-state index is 13.2. The molecule has 8 aromatic carbocycles. The van der Waals surface area contributed by atoms with Gasteiger partial charge in [0.15, 0.2) is 17.5 Å². The number of benzene rings is 8. The van der Waals surface area contributed by atoms with Crippen LogP contribution in [-0.2, 0) is 10.8 Å².